The fraction of sp³-hybridized carbons (Fsp3) is 0. The number of carbonyl (C=O) groups excluding carboxylic acids is 2. The van der Waals surface area contributed by atoms with Crippen molar-refractivity contribution in [1.29, 1.82) is 0 Å². The van der Waals surface area contributed by atoms with E-state index >= 15 is 0 Å². The van der Waals surface area contributed by atoms with Gasteiger partial charge in [-0.3, -0.25) is 9.59 Å². The fourth-order valence-electron chi connectivity index (χ4n) is 2.28. The average Bonchev–Trinajstić information content (AvgIpc) is 2.53. The van der Waals surface area contributed by atoms with Gasteiger partial charge in [-0.1, -0.05) is 27.5 Å². The van der Waals surface area contributed by atoms with Crippen LogP contribution >= 0.6 is 27.5 Å². The Balaban J connectivity index is 2.18. The number of hydrogen-bond donors (Lipinski definition) is 3. The van der Waals surface area contributed by atoms with Crippen molar-refractivity contribution in [1.82, 2.24) is 0 Å². The van der Waals surface area contributed by atoms with Crippen LogP contribution in [0.5, 0.6) is 11.5 Å². The van der Waals surface area contributed by atoms with Gasteiger partial charge in [0.15, 0.2) is 17.3 Å². The maximum atomic E-state index is 12.0. The van der Waals surface area contributed by atoms with E-state index in [1.165, 1.54) is 0 Å². The molecule has 2 aromatic rings. The molecular formula is C16H9BrClNO4. The highest BCUT2D eigenvalue weighted by molar-refractivity contribution is 9.10. The number of fused-ring (bicyclic) bond motifs is 1. The Morgan fingerprint density at radius 1 is 0.913 bits per heavy atom. The van der Waals surface area contributed by atoms with Gasteiger partial charge in [0.25, 0.3) is 0 Å². The second kappa shape index (κ2) is 5.72. The summed E-state index contributed by atoms with van der Waals surface area (Å²) in [7, 11) is 0. The van der Waals surface area contributed by atoms with Crippen molar-refractivity contribution in [2.24, 2.45) is 0 Å². The molecule has 1 aliphatic rings. The number of ketones is 2. The molecule has 7 heteroatoms. The van der Waals surface area contributed by atoms with Crippen LogP contribution in [0.4, 0.5) is 11.4 Å². The summed E-state index contributed by atoms with van der Waals surface area (Å²) in [4.78, 5) is 23.8. The van der Waals surface area contributed by atoms with Gasteiger partial charge in [-0.25, -0.2) is 0 Å². The van der Waals surface area contributed by atoms with Gasteiger partial charge in [0.2, 0.25) is 0 Å². The van der Waals surface area contributed by atoms with Crippen LogP contribution < -0.4 is 5.32 Å². The Labute approximate surface area is 144 Å². The summed E-state index contributed by atoms with van der Waals surface area (Å²) < 4.78 is 0.859. The number of allylic oxidation sites excluding steroid dienone is 2. The third kappa shape index (κ3) is 2.60. The number of aromatic hydroxyl groups is 2. The average molecular weight is 395 g/mol. The molecule has 0 aromatic heterocycles. The Bertz CT molecular complexity index is 875. The molecule has 0 saturated carbocycles. The molecule has 0 atom stereocenters. The Hall–Kier alpha value is -2.31. The van der Waals surface area contributed by atoms with Crippen LogP contribution in [0.2, 0.25) is 5.02 Å². The molecule has 0 spiro atoms. The number of nitrogens with one attached hydrogen (secondary N) is 1. The van der Waals surface area contributed by atoms with Gasteiger partial charge in [0.05, 0.1) is 11.1 Å². The molecule has 0 bridgehead atoms. The lowest BCUT2D eigenvalue weighted by molar-refractivity contribution is 0.0989. The van der Waals surface area contributed by atoms with E-state index in [0.29, 0.717) is 5.69 Å². The highest BCUT2D eigenvalue weighted by Crippen LogP contribution is 2.47. The molecule has 116 valence electrons. The maximum Gasteiger partial charge on any atom is 0.190 e. The van der Waals surface area contributed by atoms with Gasteiger partial charge in [-0.15, -0.1) is 0 Å². The number of anilines is 2. The summed E-state index contributed by atoms with van der Waals surface area (Å²) >= 11 is 9.36. The van der Waals surface area contributed by atoms with E-state index in [1.807, 2.05) is 0 Å². The first-order valence-electron chi connectivity index (χ1n) is 6.47. The van der Waals surface area contributed by atoms with E-state index in [2.05, 4.69) is 21.2 Å². The zero-order valence-corrected chi connectivity index (χ0v) is 13.8. The van der Waals surface area contributed by atoms with Crippen molar-refractivity contribution in [3.8, 4) is 11.5 Å². The Kier molecular flexibility index (Phi) is 3.87. The molecule has 3 rings (SSSR count). The molecule has 1 aliphatic carbocycles. The van der Waals surface area contributed by atoms with E-state index < -0.39 is 23.1 Å². The summed E-state index contributed by atoms with van der Waals surface area (Å²) in [5, 5.41) is 23.1. The van der Waals surface area contributed by atoms with Crippen molar-refractivity contribution in [2.75, 3.05) is 5.32 Å². The summed E-state index contributed by atoms with van der Waals surface area (Å²) in [5.41, 5.74) is -0.0167. The number of halogens is 2. The normalized spacial score (nSPS) is 13.1. The van der Waals surface area contributed by atoms with Gasteiger partial charge in [0.1, 0.15) is 16.5 Å². The van der Waals surface area contributed by atoms with Gasteiger partial charge in [-0.2, -0.15) is 0 Å². The zero-order chi connectivity index (χ0) is 16.7. The second-order valence-corrected chi connectivity index (χ2v) is 6.12. The number of phenolic OH excluding ortho intramolecular Hbond substituents is 2. The number of benzene rings is 2. The quantitative estimate of drug-likeness (QED) is 0.525. The number of carbonyl (C=O) groups is 2. The third-order valence-corrected chi connectivity index (χ3v) is 4.28. The van der Waals surface area contributed by atoms with Crippen LogP contribution in [0.1, 0.15) is 20.7 Å². The zero-order valence-electron chi connectivity index (χ0n) is 11.4. The number of hydrogen-bond acceptors (Lipinski definition) is 5. The van der Waals surface area contributed by atoms with Crippen LogP contribution in [-0.2, 0) is 0 Å². The molecule has 5 nitrogen and oxygen atoms in total. The third-order valence-electron chi connectivity index (χ3n) is 3.38. The van der Waals surface area contributed by atoms with E-state index in [0.717, 1.165) is 16.6 Å². The van der Waals surface area contributed by atoms with Crippen LogP contribution in [0, 0.1) is 0 Å². The highest BCUT2D eigenvalue weighted by atomic mass is 79.9. The minimum atomic E-state index is -0.593. The topological polar surface area (TPSA) is 86.6 Å². The Morgan fingerprint density at radius 2 is 1.43 bits per heavy atom. The van der Waals surface area contributed by atoms with Crippen molar-refractivity contribution < 1.29 is 19.8 Å². The first-order valence-corrected chi connectivity index (χ1v) is 7.64. The molecule has 2 aromatic carbocycles. The highest BCUT2D eigenvalue weighted by Gasteiger charge is 2.31. The smallest absolute Gasteiger partial charge is 0.190 e. The molecule has 0 radical (unpaired) electrons. The first-order chi connectivity index (χ1) is 10.9. The minimum Gasteiger partial charge on any atom is -0.505 e. The molecular weight excluding hydrogens is 386 g/mol. The Morgan fingerprint density at radius 3 is 2.00 bits per heavy atom. The molecule has 23 heavy (non-hydrogen) atoms. The monoisotopic (exact) mass is 393 g/mol. The lowest BCUT2D eigenvalue weighted by atomic mass is 9.92. The van der Waals surface area contributed by atoms with Gasteiger partial charge in [-0.05, 0) is 36.4 Å². The van der Waals surface area contributed by atoms with Crippen LogP contribution in [0.25, 0.3) is 0 Å². The van der Waals surface area contributed by atoms with E-state index in [4.69, 9.17) is 11.6 Å². The SMILES string of the molecule is O=C1C=CC(=O)c2c(O)c(Nc3ccc(Br)cc3)c(Cl)c(O)c21. The van der Waals surface area contributed by atoms with Crippen molar-refractivity contribution in [2.45, 2.75) is 0 Å². The largest absolute Gasteiger partial charge is 0.505 e. The molecule has 0 unspecified atom stereocenters. The van der Waals surface area contributed by atoms with E-state index in [9.17, 15) is 19.8 Å². The lowest BCUT2D eigenvalue weighted by Crippen LogP contribution is -2.13. The van der Waals surface area contributed by atoms with Gasteiger partial charge in [0, 0.05) is 10.2 Å². The second-order valence-electron chi connectivity index (χ2n) is 4.83. The predicted molar refractivity (Wildman–Crippen MR) is 90.0 cm³/mol. The summed E-state index contributed by atoms with van der Waals surface area (Å²) in [5.74, 6) is -2.19. The van der Waals surface area contributed by atoms with E-state index in [-0.39, 0.29) is 21.8 Å². The molecule has 0 aliphatic heterocycles. The van der Waals surface area contributed by atoms with Crippen LogP contribution in [0.3, 0.4) is 0 Å². The van der Waals surface area contributed by atoms with Crippen molar-refractivity contribution in [3.63, 3.8) is 0 Å². The van der Waals surface area contributed by atoms with Gasteiger partial charge >= 0.3 is 0 Å². The fourth-order valence-corrected chi connectivity index (χ4v) is 2.78. The summed E-state index contributed by atoms with van der Waals surface area (Å²) in [6.07, 6.45) is 2.07. The standard InChI is InChI=1S/C16H9BrClNO4/c17-7-1-3-8(4-2-7)19-14-13(18)15(22)11-9(20)5-6-10(21)12(11)16(14)23/h1-6,19,22-23H. The molecule has 0 saturated heterocycles. The summed E-state index contributed by atoms with van der Waals surface area (Å²) in [6.45, 7) is 0. The molecule has 0 fully saturated rings. The summed E-state index contributed by atoms with van der Waals surface area (Å²) in [6, 6.07) is 6.96. The van der Waals surface area contributed by atoms with Crippen LogP contribution in [-0.4, -0.2) is 21.8 Å². The first kappa shape index (κ1) is 15.6. The molecule has 0 amide bonds. The van der Waals surface area contributed by atoms with Crippen molar-refractivity contribution in [3.05, 3.63) is 57.0 Å². The number of phenols is 2. The van der Waals surface area contributed by atoms with Crippen molar-refractivity contribution >= 4 is 50.5 Å². The van der Waals surface area contributed by atoms with Crippen LogP contribution in [0.15, 0.2) is 40.9 Å². The van der Waals surface area contributed by atoms with Gasteiger partial charge < -0.3 is 15.5 Å². The lowest BCUT2D eigenvalue weighted by Gasteiger charge is -2.19. The molecule has 3 N–H and O–H groups in total. The molecule has 0 heterocycles. The maximum absolute atomic E-state index is 12.0. The number of rotatable bonds is 2. The predicted octanol–water partition coefficient (Wildman–Crippen LogP) is 4.19. The minimum absolute atomic E-state index is 0.0401. The van der Waals surface area contributed by atoms with E-state index in [1.54, 1.807) is 24.3 Å².